The fourth-order valence-electron chi connectivity index (χ4n) is 1.63. The van der Waals surface area contributed by atoms with E-state index >= 15 is 0 Å². The third-order valence-corrected chi connectivity index (χ3v) is 3.66. The maximum absolute atomic E-state index is 11.0. The molecule has 0 fully saturated rings. The van der Waals surface area contributed by atoms with Gasteiger partial charge in [0.05, 0.1) is 9.82 Å². The van der Waals surface area contributed by atoms with Gasteiger partial charge in [0, 0.05) is 23.9 Å². The predicted molar refractivity (Wildman–Crippen MR) is 74.1 cm³/mol. The lowest BCUT2D eigenvalue weighted by atomic mass is 10.2. The van der Waals surface area contributed by atoms with Crippen LogP contribution in [-0.2, 0) is 0 Å². The highest BCUT2D eigenvalue weighted by Crippen LogP contribution is 2.36. The number of nitrogens with two attached hydrogens (primary N) is 1. The first kappa shape index (κ1) is 13.5. The van der Waals surface area contributed by atoms with Crippen molar-refractivity contribution in [3.8, 4) is 0 Å². The summed E-state index contributed by atoms with van der Waals surface area (Å²) in [6.45, 7) is 1.86. The highest BCUT2D eigenvalue weighted by atomic mass is 32.2. The van der Waals surface area contributed by atoms with Gasteiger partial charge in [-0.1, -0.05) is 30.0 Å². The van der Waals surface area contributed by atoms with Gasteiger partial charge in [-0.25, -0.2) is 4.98 Å². The van der Waals surface area contributed by atoms with E-state index in [1.165, 1.54) is 17.8 Å². The highest BCUT2D eigenvalue weighted by molar-refractivity contribution is 7.99. The Balaban J connectivity index is 2.39. The molecule has 0 aliphatic heterocycles. The molecule has 98 valence electrons. The smallest absolute Gasteiger partial charge is 0.283 e. The van der Waals surface area contributed by atoms with Gasteiger partial charge in [-0.15, -0.1) is 0 Å². The summed E-state index contributed by atoms with van der Waals surface area (Å²) in [6.07, 6.45) is 1.66. The summed E-state index contributed by atoms with van der Waals surface area (Å²) in [6, 6.07) is 10.1. The third-order valence-electron chi connectivity index (χ3n) is 2.56. The van der Waals surface area contributed by atoms with Crippen molar-refractivity contribution in [2.24, 2.45) is 5.73 Å². The molecule has 1 heterocycles. The number of para-hydroxylation sites is 1. The van der Waals surface area contributed by atoms with Gasteiger partial charge in [0.15, 0.2) is 0 Å². The van der Waals surface area contributed by atoms with E-state index in [9.17, 15) is 10.1 Å². The van der Waals surface area contributed by atoms with E-state index in [2.05, 4.69) is 4.98 Å². The second-order valence-electron chi connectivity index (χ2n) is 4.01. The van der Waals surface area contributed by atoms with Crippen LogP contribution in [0.15, 0.2) is 52.5 Å². The van der Waals surface area contributed by atoms with Gasteiger partial charge in [-0.3, -0.25) is 10.1 Å². The van der Waals surface area contributed by atoms with Crippen LogP contribution in [0, 0.1) is 10.1 Å². The Kier molecular flexibility index (Phi) is 4.13. The van der Waals surface area contributed by atoms with Crippen LogP contribution in [0.1, 0.15) is 18.5 Å². The molecule has 0 saturated carbocycles. The molecular weight excluding hydrogens is 262 g/mol. The summed E-state index contributed by atoms with van der Waals surface area (Å²) in [5, 5.41) is 11.7. The number of aromatic nitrogens is 1. The van der Waals surface area contributed by atoms with E-state index in [1.807, 2.05) is 19.1 Å². The summed E-state index contributed by atoms with van der Waals surface area (Å²) in [5.41, 5.74) is 6.84. The second kappa shape index (κ2) is 5.81. The normalized spacial score (nSPS) is 12.1. The molecule has 2 aromatic rings. The van der Waals surface area contributed by atoms with Crippen LogP contribution in [0.3, 0.4) is 0 Å². The number of benzene rings is 1. The molecule has 1 aromatic carbocycles. The van der Waals surface area contributed by atoms with Gasteiger partial charge < -0.3 is 5.73 Å². The van der Waals surface area contributed by atoms with Gasteiger partial charge in [-0.05, 0) is 19.1 Å². The fourth-order valence-corrected chi connectivity index (χ4v) is 2.72. The first-order chi connectivity index (χ1) is 9.09. The van der Waals surface area contributed by atoms with E-state index < -0.39 is 4.92 Å². The largest absolute Gasteiger partial charge is 0.324 e. The predicted octanol–water partition coefficient (Wildman–Crippen LogP) is 3.16. The molecule has 0 unspecified atom stereocenters. The van der Waals surface area contributed by atoms with Crippen molar-refractivity contribution in [1.82, 2.24) is 4.98 Å². The van der Waals surface area contributed by atoms with Crippen LogP contribution in [0.5, 0.6) is 0 Å². The van der Waals surface area contributed by atoms with E-state index in [4.69, 9.17) is 5.73 Å². The monoisotopic (exact) mass is 275 g/mol. The zero-order chi connectivity index (χ0) is 13.8. The van der Waals surface area contributed by atoms with E-state index in [1.54, 1.807) is 24.4 Å². The van der Waals surface area contributed by atoms with Crippen LogP contribution in [0.2, 0.25) is 0 Å². The molecule has 1 atom stereocenters. The number of nitro benzene ring substituents is 1. The first-order valence-electron chi connectivity index (χ1n) is 5.71. The molecule has 0 amide bonds. The molecule has 1 aromatic heterocycles. The van der Waals surface area contributed by atoms with Gasteiger partial charge >= 0.3 is 0 Å². The van der Waals surface area contributed by atoms with Crippen LogP contribution in [0.4, 0.5) is 5.69 Å². The molecule has 0 saturated heterocycles. The molecule has 6 heteroatoms. The molecule has 0 radical (unpaired) electrons. The molecule has 0 aliphatic rings. The Morgan fingerprint density at radius 2 is 2.05 bits per heavy atom. The Hall–Kier alpha value is -1.92. The molecule has 5 nitrogen and oxygen atoms in total. The average molecular weight is 275 g/mol. The van der Waals surface area contributed by atoms with Gasteiger partial charge in [0.25, 0.3) is 5.69 Å². The lowest BCUT2D eigenvalue weighted by Crippen LogP contribution is -2.07. The quantitative estimate of drug-likeness (QED) is 0.684. The molecule has 0 bridgehead atoms. The van der Waals surface area contributed by atoms with Crippen LogP contribution < -0.4 is 5.73 Å². The number of nitro groups is 1. The van der Waals surface area contributed by atoms with E-state index in [0.29, 0.717) is 9.92 Å². The zero-order valence-electron chi connectivity index (χ0n) is 10.3. The first-order valence-corrected chi connectivity index (χ1v) is 6.53. The zero-order valence-corrected chi connectivity index (χ0v) is 11.1. The third kappa shape index (κ3) is 3.10. The number of nitrogens with zero attached hydrogens (tertiary/aromatic N) is 2. The van der Waals surface area contributed by atoms with Crippen LogP contribution in [0.25, 0.3) is 0 Å². The molecule has 2 N–H and O–H groups in total. The maximum atomic E-state index is 11.0. The topological polar surface area (TPSA) is 82.0 Å². The van der Waals surface area contributed by atoms with Gasteiger partial charge in [0.2, 0.25) is 0 Å². The summed E-state index contributed by atoms with van der Waals surface area (Å²) in [4.78, 5) is 15.4. The minimum atomic E-state index is -0.392. The van der Waals surface area contributed by atoms with Crippen molar-refractivity contribution in [1.29, 1.82) is 0 Å². The Labute approximate surface area is 115 Å². The Bertz CT molecular complexity index is 602. The summed E-state index contributed by atoms with van der Waals surface area (Å²) < 4.78 is 0. The second-order valence-corrected chi connectivity index (χ2v) is 5.04. The number of hydrogen-bond donors (Lipinski definition) is 1. The molecular formula is C13H13N3O2S. The van der Waals surface area contributed by atoms with Crippen LogP contribution in [-0.4, -0.2) is 9.91 Å². The lowest BCUT2D eigenvalue weighted by molar-refractivity contribution is -0.387. The van der Waals surface area contributed by atoms with Crippen LogP contribution >= 0.6 is 11.8 Å². The fraction of sp³-hybridized carbons (Fsp3) is 0.154. The summed E-state index contributed by atoms with van der Waals surface area (Å²) >= 11 is 1.26. The Morgan fingerprint density at radius 1 is 1.32 bits per heavy atom. The standard InChI is InChI=1S/C13H13N3O2S/c1-9(14)10-5-4-8-15-13(10)19-12-7-3-2-6-11(12)16(17)18/h2-9H,14H2,1H3/t9-/m1/s1. The average Bonchev–Trinajstić information content (AvgIpc) is 2.39. The van der Waals surface area contributed by atoms with E-state index in [-0.39, 0.29) is 11.7 Å². The van der Waals surface area contributed by atoms with Crippen molar-refractivity contribution in [3.63, 3.8) is 0 Å². The van der Waals surface area contributed by atoms with Crippen molar-refractivity contribution < 1.29 is 4.92 Å². The van der Waals surface area contributed by atoms with Gasteiger partial charge in [0.1, 0.15) is 5.03 Å². The molecule has 2 rings (SSSR count). The number of pyridine rings is 1. The lowest BCUT2D eigenvalue weighted by Gasteiger charge is -2.10. The van der Waals surface area contributed by atoms with E-state index in [0.717, 1.165) is 5.56 Å². The van der Waals surface area contributed by atoms with Crippen molar-refractivity contribution in [2.75, 3.05) is 0 Å². The van der Waals surface area contributed by atoms with Crippen molar-refractivity contribution in [2.45, 2.75) is 22.9 Å². The molecule has 19 heavy (non-hydrogen) atoms. The number of rotatable bonds is 4. The summed E-state index contributed by atoms with van der Waals surface area (Å²) in [7, 11) is 0. The maximum Gasteiger partial charge on any atom is 0.283 e. The highest BCUT2D eigenvalue weighted by Gasteiger charge is 2.16. The van der Waals surface area contributed by atoms with Crippen molar-refractivity contribution in [3.05, 3.63) is 58.3 Å². The molecule has 0 spiro atoms. The minimum Gasteiger partial charge on any atom is -0.324 e. The van der Waals surface area contributed by atoms with Gasteiger partial charge in [-0.2, -0.15) is 0 Å². The minimum absolute atomic E-state index is 0.0776. The molecule has 0 aliphatic carbocycles. The SMILES string of the molecule is C[C@@H](N)c1cccnc1Sc1ccccc1[N+](=O)[O-]. The summed E-state index contributed by atoms with van der Waals surface area (Å²) in [5.74, 6) is 0. The Morgan fingerprint density at radius 3 is 2.74 bits per heavy atom. The number of hydrogen-bond acceptors (Lipinski definition) is 5. The van der Waals surface area contributed by atoms with Crippen molar-refractivity contribution >= 4 is 17.4 Å².